The maximum atomic E-state index is 6.01. The smallest absolute Gasteiger partial charge is 0.135 e. The van der Waals surface area contributed by atoms with Crippen LogP contribution in [0.25, 0.3) is 65.4 Å². The lowest BCUT2D eigenvalue weighted by atomic mass is 9.92. The topological polar surface area (TPSA) is 26.0 Å². The summed E-state index contributed by atoms with van der Waals surface area (Å²) in [6.07, 6.45) is 3.86. The number of furan rings is 1. The van der Waals surface area contributed by atoms with E-state index >= 15 is 0 Å². The fraction of sp³-hybridized carbons (Fsp3) is 0. The molecule has 0 bridgehead atoms. The molecule has 5 aromatic carbocycles. The molecule has 0 spiro atoms. The zero-order chi connectivity index (χ0) is 20.4. The molecule has 0 radical (unpaired) electrons. The second-order valence-corrected chi connectivity index (χ2v) is 8.04. The van der Waals surface area contributed by atoms with Crippen molar-refractivity contribution in [3.05, 3.63) is 103 Å². The number of benzene rings is 5. The van der Waals surface area contributed by atoms with E-state index in [0.717, 1.165) is 21.9 Å². The van der Waals surface area contributed by atoms with E-state index in [-0.39, 0.29) is 0 Å². The van der Waals surface area contributed by atoms with Crippen LogP contribution < -0.4 is 0 Å². The molecule has 0 aliphatic heterocycles. The lowest BCUT2D eigenvalue weighted by Gasteiger charge is -2.11. The molecule has 2 heteroatoms. The SMILES string of the molecule is c1ccc2c(c1)oc1ccc(-c3ccc4c5ccccc5c5cnccc5c4c3)cc12. The van der Waals surface area contributed by atoms with E-state index in [9.17, 15) is 0 Å². The van der Waals surface area contributed by atoms with Gasteiger partial charge >= 0.3 is 0 Å². The Bertz CT molecular complexity index is 1760. The maximum absolute atomic E-state index is 6.01. The summed E-state index contributed by atoms with van der Waals surface area (Å²) in [6, 6.07) is 32.2. The van der Waals surface area contributed by atoms with Crippen LogP contribution in [0.3, 0.4) is 0 Å². The highest BCUT2D eigenvalue weighted by Gasteiger charge is 2.11. The van der Waals surface area contributed by atoms with Gasteiger partial charge < -0.3 is 4.42 Å². The van der Waals surface area contributed by atoms with E-state index < -0.39 is 0 Å². The average Bonchev–Trinajstić information content (AvgIpc) is 3.22. The number of pyridine rings is 1. The van der Waals surface area contributed by atoms with Gasteiger partial charge in [0.25, 0.3) is 0 Å². The molecule has 7 aromatic rings. The Morgan fingerprint density at radius 3 is 1.94 bits per heavy atom. The standard InChI is InChI=1S/C29H17NO/c1-2-6-21-20(5-1)22-11-9-18(15-25(22)23-13-14-30-17-27(21)23)19-10-12-29-26(16-19)24-7-3-4-8-28(24)31-29/h1-17H. The van der Waals surface area contributed by atoms with Crippen LogP contribution in [0, 0.1) is 0 Å². The molecular weight excluding hydrogens is 378 g/mol. The lowest BCUT2D eigenvalue weighted by molar-refractivity contribution is 0.669. The first-order valence-corrected chi connectivity index (χ1v) is 10.5. The quantitative estimate of drug-likeness (QED) is 0.262. The Morgan fingerprint density at radius 1 is 0.452 bits per heavy atom. The number of aromatic nitrogens is 1. The van der Waals surface area contributed by atoms with Crippen LogP contribution in [0.2, 0.25) is 0 Å². The summed E-state index contributed by atoms with van der Waals surface area (Å²) in [5.41, 5.74) is 4.25. The van der Waals surface area contributed by atoms with Crippen molar-refractivity contribution in [2.75, 3.05) is 0 Å². The largest absolute Gasteiger partial charge is 0.456 e. The first kappa shape index (κ1) is 16.6. The average molecular weight is 395 g/mol. The van der Waals surface area contributed by atoms with E-state index in [1.807, 2.05) is 24.5 Å². The van der Waals surface area contributed by atoms with E-state index in [2.05, 4.69) is 83.8 Å². The van der Waals surface area contributed by atoms with E-state index in [1.165, 1.54) is 43.4 Å². The number of nitrogens with zero attached hydrogens (tertiary/aromatic N) is 1. The van der Waals surface area contributed by atoms with Gasteiger partial charge in [-0.2, -0.15) is 0 Å². The van der Waals surface area contributed by atoms with Crippen molar-refractivity contribution in [2.45, 2.75) is 0 Å². The molecule has 0 saturated carbocycles. The highest BCUT2D eigenvalue weighted by atomic mass is 16.3. The van der Waals surface area contributed by atoms with Crippen LogP contribution >= 0.6 is 0 Å². The van der Waals surface area contributed by atoms with Crippen molar-refractivity contribution in [1.82, 2.24) is 4.98 Å². The van der Waals surface area contributed by atoms with Crippen molar-refractivity contribution >= 4 is 54.3 Å². The fourth-order valence-corrected chi connectivity index (χ4v) is 4.88. The number of hydrogen-bond acceptors (Lipinski definition) is 2. The number of hydrogen-bond donors (Lipinski definition) is 0. The van der Waals surface area contributed by atoms with Crippen LogP contribution in [0.4, 0.5) is 0 Å². The summed E-state index contributed by atoms with van der Waals surface area (Å²) in [6.45, 7) is 0. The molecule has 0 fully saturated rings. The molecule has 0 aliphatic carbocycles. The highest BCUT2D eigenvalue weighted by Crippen LogP contribution is 2.38. The molecule has 0 unspecified atom stereocenters. The molecule has 0 aliphatic rings. The minimum atomic E-state index is 0.924. The molecule has 0 N–H and O–H groups in total. The lowest BCUT2D eigenvalue weighted by Crippen LogP contribution is -1.85. The minimum absolute atomic E-state index is 0.924. The van der Waals surface area contributed by atoms with Gasteiger partial charge in [-0.3, -0.25) is 4.98 Å². The van der Waals surface area contributed by atoms with Crippen molar-refractivity contribution < 1.29 is 4.42 Å². The molecule has 7 rings (SSSR count). The Hall–Kier alpha value is -4.17. The summed E-state index contributed by atoms with van der Waals surface area (Å²) in [5.74, 6) is 0. The minimum Gasteiger partial charge on any atom is -0.456 e. The van der Waals surface area contributed by atoms with Gasteiger partial charge in [-0.05, 0) is 68.4 Å². The van der Waals surface area contributed by atoms with Gasteiger partial charge in [0.2, 0.25) is 0 Å². The van der Waals surface area contributed by atoms with Gasteiger partial charge in [-0.25, -0.2) is 0 Å². The maximum Gasteiger partial charge on any atom is 0.135 e. The van der Waals surface area contributed by atoms with Crippen molar-refractivity contribution in [3.8, 4) is 11.1 Å². The molecule has 0 atom stereocenters. The first-order valence-electron chi connectivity index (χ1n) is 10.5. The molecule has 31 heavy (non-hydrogen) atoms. The van der Waals surface area contributed by atoms with Crippen molar-refractivity contribution in [3.63, 3.8) is 0 Å². The third-order valence-electron chi connectivity index (χ3n) is 6.35. The second-order valence-electron chi connectivity index (χ2n) is 8.04. The summed E-state index contributed by atoms with van der Waals surface area (Å²) in [7, 11) is 0. The normalized spacial score (nSPS) is 11.9. The van der Waals surface area contributed by atoms with E-state index in [1.54, 1.807) is 0 Å². The third kappa shape index (κ3) is 2.36. The van der Waals surface area contributed by atoms with Crippen LogP contribution in [0.1, 0.15) is 0 Å². The van der Waals surface area contributed by atoms with Crippen LogP contribution in [-0.4, -0.2) is 4.98 Å². The third-order valence-corrected chi connectivity index (χ3v) is 6.35. The summed E-state index contributed by atoms with van der Waals surface area (Å²) >= 11 is 0. The number of fused-ring (bicyclic) bond motifs is 9. The molecule has 0 saturated heterocycles. The van der Waals surface area contributed by atoms with Gasteiger partial charge in [0.1, 0.15) is 11.2 Å². The van der Waals surface area contributed by atoms with E-state index in [4.69, 9.17) is 4.42 Å². The molecular formula is C29H17NO. The molecule has 2 aromatic heterocycles. The zero-order valence-corrected chi connectivity index (χ0v) is 16.7. The van der Waals surface area contributed by atoms with Gasteiger partial charge in [0, 0.05) is 28.6 Å². The molecule has 144 valence electrons. The first-order chi connectivity index (χ1) is 15.4. The van der Waals surface area contributed by atoms with Gasteiger partial charge in [-0.1, -0.05) is 60.7 Å². The Balaban J connectivity index is 1.54. The van der Waals surface area contributed by atoms with Crippen molar-refractivity contribution in [2.24, 2.45) is 0 Å². The molecule has 0 amide bonds. The Morgan fingerprint density at radius 2 is 1.06 bits per heavy atom. The fourth-order valence-electron chi connectivity index (χ4n) is 4.88. The second kappa shape index (κ2) is 6.16. The van der Waals surface area contributed by atoms with Crippen LogP contribution in [0.15, 0.2) is 108 Å². The summed E-state index contributed by atoms with van der Waals surface area (Å²) in [5, 5.41) is 9.78. The Kier molecular flexibility index (Phi) is 3.30. The molecule has 2 heterocycles. The van der Waals surface area contributed by atoms with Gasteiger partial charge in [0.05, 0.1) is 0 Å². The Labute approximate surface area is 178 Å². The predicted octanol–water partition coefficient (Wildman–Crippen LogP) is 8.11. The molecule has 2 nitrogen and oxygen atoms in total. The number of rotatable bonds is 1. The highest BCUT2D eigenvalue weighted by molar-refractivity contribution is 6.25. The van der Waals surface area contributed by atoms with Gasteiger partial charge in [0.15, 0.2) is 0 Å². The number of para-hydroxylation sites is 1. The summed E-state index contributed by atoms with van der Waals surface area (Å²) in [4.78, 5) is 4.40. The van der Waals surface area contributed by atoms with Crippen LogP contribution in [0.5, 0.6) is 0 Å². The predicted molar refractivity (Wildman–Crippen MR) is 129 cm³/mol. The van der Waals surface area contributed by atoms with Crippen LogP contribution in [-0.2, 0) is 0 Å². The van der Waals surface area contributed by atoms with Gasteiger partial charge in [-0.15, -0.1) is 0 Å². The van der Waals surface area contributed by atoms with E-state index in [0.29, 0.717) is 0 Å². The zero-order valence-electron chi connectivity index (χ0n) is 16.7. The summed E-state index contributed by atoms with van der Waals surface area (Å²) < 4.78 is 6.01. The van der Waals surface area contributed by atoms with Crippen molar-refractivity contribution in [1.29, 1.82) is 0 Å². The monoisotopic (exact) mass is 395 g/mol.